The molecule has 0 fully saturated rings. The van der Waals surface area contributed by atoms with E-state index in [1.807, 2.05) is 5.43 Å². The van der Waals surface area contributed by atoms with Gasteiger partial charge in [0.05, 0.1) is 0 Å². The number of carbonyl (C=O) groups is 1. The van der Waals surface area contributed by atoms with Gasteiger partial charge < -0.3 is 11.5 Å². The summed E-state index contributed by atoms with van der Waals surface area (Å²) in [4.78, 5) is 10.0. The van der Waals surface area contributed by atoms with Gasteiger partial charge in [-0.05, 0) is 0 Å². The molecule has 8 heavy (non-hydrogen) atoms. The summed E-state index contributed by atoms with van der Waals surface area (Å²) in [5, 5.41) is 3.20. The summed E-state index contributed by atoms with van der Waals surface area (Å²) in [6, 6.07) is 0. The fourth-order valence-electron chi connectivity index (χ4n) is 0.143. The van der Waals surface area contributed by atoms with Crippen LogP contribution in [0.25, 0.3) is 0 Å². The Bertz CT molecular complexity index is 114. The number of carbonyl (C=O) groups excluding carboxylic acids is 1. The van der Waals surface area contributed by atoms with E-state index in [0.29, 0.717) is 0 Å². The molecular weight excluding hydrogens is 108 g/mol. The molecule has 0 heterocycles. The lowest BCUT2D eigenvalue weighted by Crippen LogP contribution is -2.27. The number of guanidine groups is 1. The van der Waals surface area contributed by atoms with Crippen molar-refractivity contribution in [1.29, 1.82) is 0 Å². The molecule has 0 aromatic rings. The zero-order valence-electron chi connectivity index (χ0n) is 4.51. The molecule has 0 unspecified atom stereocenters. The Morgan fingerprint density at radius 2 is 2.12 bits per heavy atom. The predicted octanol–water partition coefficient (Wildman–Crippen LogP) is -1.69. The second kappa shape index (κ2) is 2.84. The smallest absolute Gasteiger partial charge is 0.237 e. The third-order valence-corrected chi connectivity index (χ3v) is 0.342. The second-order valence-corrected chi connectivity index (χ2v) is 1.20. The van der Waals surface area contributed by atoms with Crippen molar-refractivity contribution >= 4 is 11.9 Å². The Morgan fingerprint density at radius 3 is 2.25 bits per heavy atom. The average Bonchev–Trinajstić information content (AvgIpc) is 1.61. The van der Waals surface area contributed by atoms with Crippen LogP contribution in [0, 0.1) is 0 Å². The van der Waals surface area contributed by atoms with Crippen LogP contribution in [0.5, 0.6) is 0 Å². The molecule has 0 aromatic heterocycles. The van der Waals surface area contributed by atoms with Gasteiger partial charge in [0.1, 0.15) is 0 Å². The van der Waals surface area contributed by atoms with Crippen LogP contribution >= 0.6 is 0 Å². The van der Waals surface area contributed by atoms with Crippen molar-refractivity contribution in [3.63, 3.8) is 0 Å². The number of nitrogens with zero attached hydrogens (tertiary/aromatic N) is 1. The number of rotatable bonds is 1. The Hall–Kier alpha value is -1.26. The van der Waals surface area contributed by atoms with E-state index in [1.165, 1.54) is 6.92 Å². The fourth-order valence-corrected chi connectivity index (χ4v) is 0.143. The van der Waals surface area contributed by atoms with Crippen molar-refractivity contribution < 1.29 is 4.79 Å². The van der Waals surface area contributed by atoms with E-state index < -0.39 is 0 Å². The third-order valence-electron chi connectivity index (χ3n) is 0.342. The quantitative estimate of drug-likeness (QED) is 0.217. The van der Waals surface area contributed by atoms with E-state index in [2.05, 4.69) is 5.10 Å². The minimum atomic E-state index is -0.293. The molecule has 0 aliphatic carbocycles. The van der Waals surface area contributed by atoms with Crippen molar-refractivity contribution in [2.45, 2.75) is 6.92 Å². The molecule has 5 nitrogen and oxygen atoms in total. The highest BCUT2D eigenvalue weighted by Gasteiger charge is 1.83. The average molecular weight is 116 g/mol. The molecule has 5 heteroatoms. The SMILES string of the molecule is CC(=O)NN=C(N)N. The lowest BCUT2D eigenvalue weighted by molar-refractivity contribution is -0.118. The number of nitrogens with two attached hydrogens (primary N) is 2. The summed E-state index contributed by atoms with van der Waals surface area (Å²) < 4.78 is 0. The van der Waals surface area contributed by atoms with Crippen molar-refractivity contribution in [3.05, 3.63) is 0 Å². The molecule has 0 saturated carbocycles. The van der Waals surface area contributed by atoms with E-state index in [-0.39, 0.29) is 11.9 Å². The van der Waals surface area contributed by atoms with Crippen LogP contribution in [0.4, 0.5) is 0 Å². The number of nitrogens with one attached hydrogen (secondary N) is 1. The van der Waals surface area contributed by atoms with Gasteiger partial charge in [0.15, 0.2) is 0 Å². The van der Waals surface area contributed by atoms with Gasteiger partial charge in [-0.1, -0.05) is 0 Å². The van der Waals surface area contributed by atoms with Gasteiger partial charge in [-0.25, -0.2) is 5.43 Å². The summed E-state index contributed by atoms with van der Waals surface area (Å²) in [5.74, 6) is -0.446. The van der Waals surface area contributed by atoms with Gasteiger partial charge >= 0.3 is 0 Å². The van der Waals surface area contributed by atoms with Gasteiger partial charge in [-0.2, -0.15) is 0 Å². The lowest BCUT2D eigenvalue weighted by Gasteiger charge is -1.90. The number of hydrogen-bond donors (Lipinski definition) is 3. The number of amides is 1. The molecule has 0 radical (unpaired) electrons. The molecule has 0 bridgehead atoms. The molecule has 0 saturated heterocycles. The maximum absolute atomic E-state index is 10.0. The van der Waals surface area contributed by atoms with Crippen LogP contribution in [0.15, 0.2) is 5.10 Å². The van der Waals surface area contributed by atoms with Gasteiger partial charge in [0.2, 0.25) is 11.9 Å². The highest BCUT2D eigenvalue weighted by molar-refractivity contribution is 5.79. The summed E-state index contributed by atoms with van der Waals surface area (Å²) in [6.07, 6.45) is 0. The Labute approximate surface area is 46.7 Å². The van der Waals surface area contributed by atoms with Crippen LogP contribution in [-0.2, 0) is 4.79 Å². The number of hydrazone groups is 1. The van der Waals surface area contributed by atoms with Crippen LogP contribution in [0.2, 0.25) is 0 Å². The zero-order valence-corrected chi connectivity index (χ0v) is 4.51. The minimum absolute atomic E-state index is 0.153. The summed E-state index contributed by atoms with van der Waals surface area (Å²) in [6.45, 7) is 1.31. The molecule has 0 aromatic carbocycles. The summed E-state index contributed by atoms with van der Waals surface area (Å²) >= 11 is 0. The van der Waals surface area contributed by atoms with Crippen molar-refractivity contribution in [1.82, 2.24) is 5.43 Å². The van der Waals surface area contributed by atoms with Crippen molar-refractivity contribution in [2.75, 3.05) is 0 Å². The topological polar surface area (TPSA) is 93.5 Å². The molecule has 0 aliphatic rings. The van der Waals surface area contributed by atoms with E-state index in [4.69, 9.17) is 11.5 Å². The van der Waals surface area contributed by atoms with Gasteiger partial charge in [-0.3, -0.25) is 4.79 Å². The van der Waals surface area contributed by atoms with Crippen molar-refractivity contribution in [2.24, 2.45) is 16.6 Å². The lowest BCUT2D eigenvalue weighted by atomic mass is 10.8. The highest BCUT2D eigenvalue weighted by Crippen LogP contribution is 1.57. The van der Waals surface area contributed by atoms with E-state index >= 15 is 0 Å². The maximum Gasteiger partial charge on any atom is 0.237 e. The molecule has 1 amide bonds. The molecule has 0 rings (SSSR count). The minimum Gasteiger partial charge on any atom is -0.369 e. The van der Waals surface area contributed by atoms with Gasteiger partial charge in [0.25, 0.3) is 0 Å². The molecule has 0 spiro atoms. The van der Waals surface area contributed by atoms with E-state index in [0.717, 1.165) is 0 Å². The van der Waals surface area contributed by atoms with E-state index in [9.17, 15) is 4.79 Å². The Morgan fingerprint density at radius 1 is 1.62 bits per heavy atom. The van der Waals surface area contributed by atoms with E-state index in [1.54, 1.807) is 0 Å². The normalized spacial score (nSPS) is 7.62. The first-order chi connectivity index (χ1) is 3.63. The molecule has 0 atom stereocenters. The van der Waals surface area contributed by atoms with Crippen LogP contribution in [0.1, 0.15) is 6.92 Å². The Kier molecular flexibility index (Phi) is 2.39. The highest BCUT2D eigenvalue weighted by atomic mass is 16.2. The molecule has 0 aliphatic heterocycles. The molecule has 5 N–H and O–H groups in total. The van der Waals surface area contributed by atoms with Gasteiger partial charge in [-0.15, -0.1) is 5.10 Å². The first-order valence-corrected chi connectivity index (χ1v) is 1.98. The van der Waals surface area contributed by atoms with Crippen LogP contribution in [-0.4, -0.2) is 11.9 Å². The second-order valence-electron chi connectivity index (χ2n) is 1.20. The van der Waals surface area contributed by atoms with Gasteiger partial charge in [0, 0.05) is 6.92 Å². The zero-order chi connectivity index (χ0) is 6.57. The molecule has 46 valence electrons. The van der Waals surface area contributed by atoms with Crippen LogP contribution < -0.4 is 16.9 Å². The fraction of sp³-hybridized carbons (Fsp3) is 0.333. The predicted molar refractivity (Wildman–Crippen MR) is 29.6 cm³/mol. The Balaban J connectivity index is 3.45. The third kappa shape index (κ3) is 4.74. The summed E-state index contributed by atoms with van der Waals surface area (Å²) in [7, 11) is 0. The van der Waals surface area contributed by atoms with Crippen molar-refractivity contribution in [3.8, 4) is 0 Å². The molecular formula is C3H8N4O. The monoisotopic (exact) mass is 116 g/mol. The standard InChI is InChI=1S/C3H8N4O/c1-2(8)6-7-3(4)5/h1H3,(H,6,8)(H4,4,5,7). The first-order valence-electron chi connectivity index (χ1n) is 1.98. The first kappa shape index (κ1) is 6.74. The van der Waals surface area contributed by atoms with Crippen LogP contribution in [0.3, 0.4) is 0 Å². The maximum atomic E-state index is 10.0. The number of hydrogen-bond acceptors (Lipinski definition) is 2. The summed E-state index contributed by atoms with van der Waals surface area (Å²) in [5.41, 5.74) is 11.8. The largest absolute Gasteiger partial charge is 0.369 e.